The molecule has 19 heavy (non-hydrogen) atoms. The summed E-state index contributed by atoms with van der Waals surface area (Å²) in [7, 11) is 0. The zero-order valence-corrected chi connectivity index (χ0v) is 13.5. The fourth-order valence-corrected chi connectivity index (χ4v) is 4.19. The molecule has 112 valence electrons. The molecule has 0 spiro atoms. The lowest BCUT2D eigenvalue weighted by molar-refractivity contribution is -0.0457. The van der Waals surface area contributed by atoms with Gasteiger partial charge in [-0.2, -0.15) is 0 Å². The highest BCUT2D eigenvalue weighted by Gasteiger charge is 2.40. The number of likely N-dealkylation sites (tertiary alicyclic amines) is 1. The van der Waals surface area contributed by atoms with Gasteiger partial charge >= 0.3 is 0 Å². The first-order valence-electron chi connectivity index (χ1n) is 8.23. The smallest absolute Gasteiger partial charge is 0.0695 e. The lowest BCUT2D eigenvalue weighted by Gasteiger charge is -2.48. The van der Waals surface area contributed by atoms with E-state index in [1.54, 1.807) is 0 Å². The molecule has 2 fully saturated rings. The van der Waals surface area contributed by atoms with Crippen molar-refractivity contribution in [2.75, 3.05) is 6.54 Å². The van der Waals surface area contributed by atoms with Crippen LogP contribution in [-0.2, 0) is 0 Å². The minimum atomic E-state index is -0.102. The molecule has 0 radical (unpaired) electrons. The SMILES string of the molecule is CC1CCN(C2CC(C(C)(C)C)CCC2O)C(C)C1. The highest BCUT2D eigenvalue weighted by Crippen LogP contribution is 2.41. The Balaban J connectivity index is 2.04. The summed E-state index contributed by atoms with van der Waals surface area (Å²) >= 11 is 0. The fraction of sp³-hybridized carbons (Fsp3) is 1.00. The Hall–Kier alpha value is -0.0800. The van der Waals surface area contributed by atoms with Crippen molar-refractivity contribution < 1.29 is 5.11 Å². The van der Waals surface area contributed by atoms with Gasteiger partial charge in [0.1, 0.15) is 0 Å². The summed E-state index contributed by atoms with van der Waals surface area (Å²) in [6, 6.07) is 1.04. The summed E-state index contributed by atoms with van der Waals surface area (Å²) in [5.41, 5.74) is 0.380. The number of hydrogen-bond acceptors (Lipinski definition) is 2. The highest BCUT2D eigenvalue weighted by atomic mass is 16.3. The van der Waals surface area contributed by atoms with E-state index in [0.717, 1.165) is 18.3 Å². The van der Waals surface area contributed by atoms with Gasteiger partial charge < -0.3 is 5.11 Å². The minimum absolute atomic E-state index is 0.102. The second-order valence-corrected chi connectivity index (χ2v) is 8.23. The molecule has 1 saturated carbocycles. The molecule has 1 heterocycles. The second-order valence-electron chi connectivity index (χ2n) is 8.23. The third-order valence-corrected chi connectivity index (χ3v) is 5.62. The summed E-state index contributed by atoms with van der Waals surface area (Å²) < 4.78 is 0. The second kappa shape index (κ2) is 5.73. The van der Waals surface area contributed by atoms with Crippen LogP contribution in [0.2, 0.25) is 0 Å². The van der Waals surface area contributed by atoms with Crippen molar-refractivity contribution in [1.82, 2.24) is 4.90 Å². The molecule has 1 saturated heterocycles. The van der Waals surface area contributed by atoms with E-state index in [4.69, 9.17) is 0 Å². The third kappa shape index (κ3) is 3.52. The molecule has 2 heteroatoms. The van der Waals surface area contributed by atoms with Crippen LogP contribution in [0.3, 0.4) is 0 Å². The molecular formula is C17H33NO. The standard InChI is InChI=1S/C17H33NO/c1-12-8-9-18(13(2)10-12)15-11-14(17(3,4)5)6-7-16(15)19/h12-16,19H,6-11H2,1-5H3. The van der Waals surface area contributed by atoms with Crippen molar-refractivity contribution in [2.45, 2.75) is 84.9 Å². The van der Waals surface area contributed by atoms with Gasteiger partial charge in [0.2, 0.25) is 0 Å². The van der Waals surface area contributed by atoms with Gasteiger partial charge in [-0.25, -0.2) is 0 Å². The molecule has 0 amide bonds. The number of aliphatic hydroxyl groups excluding tert-OH is 1. The van der Waals surface area contributed by atoms with Crippen molar-refractivity contribution >= 4 is 0 Å². The van der Waals surface area contributed by atoms with Gasteiger partial charge in [-0.3, -0.25) is 4.90 Å². The molecule has 2 aliphatic rings. The number of aliphatic hydroxyl groups is 1. The van der Waals surface area contributed by atoms with Gasteiger partial charge in [-0.15, -0.1) is 0 Å². The molecule has 1 aliphatic carbocycles. The Bertz CT molecular complexity index is 296. The monoisotopic (exact) mass is 267 g/mol. The van der Waals surface area contributed by atoms with Crippen molar-refractivity contribution in [2.24, 2.45) is 17.3 Å². The quantitative estimate of drug-likeness (QED) is 0.783. The maximum Gasteiger partial charge on any atom is 0.0695 e. The van der Waals surface area contributed by atoms with E-state index in [-0.39, 0.29) is 6.10 Å². The summed E-state index contributed by atoms with van der Waals surface area (Å²) in [5.74, 6) is 1.61. The molecule has 1 aliphatic heterocycles. The predicted octanol–water partition coefficient (Wildman–Crippen LogP) is 3.68. The topological polar surface area (TPSA) is 23.5 Å². The maximum atomic E-state index is 10.4. The molecule has 0 aromatic heterocycles. The Morgan fingerprint density at radius 2 is 1.68 bits per heavy atom. The van der Waals surface area contributed by atoms with Crippen LogP contribution >= 0.6 is 0 Å². The molecule has 2 rings (SSSR count). The molecule has 0 aromatic carbocycles. The minimum Gasteiger partial charge on any atom is -0.391 e. The summed E-state index contributed by atoms with van der Waals surface area (Å²) in [6.07, 6.45) is 5.86. The first kappa shape index (κ1) is 15.3. The molecule has 1 N–H and O–H groups in total. The Labute approximate surface area is 119 Å². The lowest BCUT2D eigenvalue weighted by Crippen LogP contribution is -2.54. The van der Waals surface area contributed by atoms with Gasteiger partial charge in [-0.05, 0) is 62.8 Å². The molecule has 2 nitrogen and oxygen atoms in total. The van der Waals surface area contributed by atoms with Crippen LogP contribution in [0.15, 0.2) is 0 Å². The van der Waals surface area contributed by atoms with Gasteiger partial charge in [0.05, 0.1) is 6.10 Å². The molecule has 5 unspecified atom stereocenters. The van der Waals surface area contributed by atoms with Crippen molar-refractivity contribution in [3.63, 3.8) is 0 Å². The zero-order valence-electron chi connectivity index (χ0n) is 13.5. The average molecular weight is 267 g/mol. The predicted molar refractivity (Wildman–Crippen MR) is 81.2 cm³/mol. The van der Waals surface area contributed by atoms with E-state index in [9.17, 15) is 5.11 Å². The fourth-order valence-electron chi connectivity index (χ4n) is 4.19. The van der Waals surface area contributed by atoms with Crippen LogP contribution in [0, 0.1) is 17.3 Å². The van der Waals surface area contributed by atoms with E-state index in [1.165, 1.54) is 32.2 Å². The largest absolute Gasteiger partial charge is 0.391 e. The Morgan fingerprint density at radius 3 is 2.26 bits per heavy atom. The first-order chi connectivity index (χ1) is 8.79. The van der Waals surface area contributed by atoms with Crippen LogP contribution in [0.1, 0.15) is 66.7 Å². The zero-order chi connectivity index (χ0) is 14.2. The van der Waals surface area contributed by atoms with E-state index in [0.29, 0.717) is 17.5 Å². The highest BCUT2D eigenvalue weighted by molar-refractivity contribution is 4.93. The molecule has 5 atom stereocenters. The van der Waals surface area contributed by atoms with E-state index < -0.39 is 0 Å². The van der Waals surface area contributed by atoms with Crippen LogP contribution in [0.25, 0.3) is 0 Å². The van der Waals surface area contributed by atoms with E-state index >= 15 is 0 Å². The first-order valence-corrected chi connectivity index (χ1v) is 8.23. The van der Waals surface area contributed by atoms with Crippen LogP contribution < -0.4 is 0 Å². The van der Waals surface area contributed by atoms with Gasteiger partial charge in [0, 0.05) is 12.1 Å². The summed E-state index contributed by atoms with van der Waals surface area (Å²) in [4.78, 5) is 2.61. The molecule has 0 bridgehead atoms. The molecular weight excluding hydrogens is 234 g/mol. The van der Waals surface area contributed by atoms with Gasteiger partial charge in [-0.1, -0.05) is 27.7 Å². The Kier molecular flexibility index (Phi) is 4.62. The number of nitrogens with zero attached hydrogens (tertiary/aromatic N) is 1. The summed E-state index contributed by atoms with van der Waals surface area (Å²) in [5, 5.41) is 10.4. The van der Waals surface area contributed by atoms with Crippen molar-refractivity contribution in [3.8, 4) is 0 Å². The lowest BCUT2D eigenvalue weighted by atomic mass is 9.69. The van der Waals surface area contributed by atoms with Crippen molar-refractivity contribution in [3.05, 3.63) is 0 Å². The third-order valence-electron chi connectivity index (χ3n) is 5.62. The van der Waals surface area contributed by atoms with Gasteiger partial charge in [0.25, 0.3) is 0 Å². The summed E-state index contributed by atoms with van der Waals surface area (Å²) in [6.45, 7) is 13.0. The average Bonchev–Trinajstić information content (AvgIpc) is 2.29. The molecule has 0 aromatic rings. The number of piperidine rings is 1. The van der Waals surface area contributed by atoms with Crippen LogP contribution in [0.5, 0.6) is 0 Å². The normalized spacial score (nSPS) is 42.3. The van der Waals surface area contributed by atoms with Crippen LogP contribution in [-0.4, -0.2) is 34.7 Å². The maximum absolute atomic E-state index is 10.4. The van der Waals surface area contributed by atoms with Crippen molar-refractivity contribution in [1.29, 1.82) is 0 Å². The number of hydrogen-bond donors (Lipinski definition) is 1. The van der Waals surface area contributed by atoms with Gasteiger partial charge in [0.15, 0.2) is 0 Å². The Morgan fingerprint density at radius 1 is 1.00 bits per heavy atom. The van der Waals surface area contributed by atoms with E-state index in [2.05, 4.69) is 39.5 Å². The number of rotatable bonds is 1. The van der Waals surface area contributed by atoms with Crippen LogP contribution in [0.4, 0.5) is 0 Å². The van der Waals surface area contributed by atoms with E-state index in [1.807, 2.05) is 0 Å².